The van der Waals surface area contributed by atoms with Crippen molar-refractivity contribution in [3.05, 3.63) is 0 Å². The van der Waals surface area contributed by atoms with Crippen LogP contribution in [0.25, 0.3) is 0 Å². The molecule has 0 aliphatic rings. The second kappa shape index (κ2) is 84.0. The van der Waals surface area contributed by atoms with Crippen molar-refractivity contribution in [2.45, 2.75) is 515 Å². The lowest BCUT2D eigenvalue weighted by Gasteiger charge is -2.21. The van der Waals surface area contributed by atoms with Gasteiger partial charge in [0.05, 0.1) is 26.4 Å². The molecular formula is C90H176O17P2. The van der Waals surface area contributed by atoms with Crippen LogP contribution in [0, 0.1) is 0 Å². The van der Waals surface area contributed by atoms with E-state index in [2.05, 4.69) is 27.7 Å². The fourth-order valence-electron chi connectivity index (χ4n) is 14.2. The lowest BCUT2D eigenvalue weighted by molar-refractivity contribution is -0.161. The number of hydrogen-bond donors (Lipinski definition) is 3. The highest BCUT2D eigenvalue weighted by molar-refractivity contribution is 7.47. The molecule has 0 fully saturated rings. The first-order valence-electron chi connectivity index (χ1n) is 46.8. The van der Waals surface area contributed by atoms with Crippen LogP contribution < -0.4 is 0 Å². The van der Waals surface area contributed by atoms with Gasteiger partial charge in [0, 0.05) is 25.7 Å². The van der Waals surface area contributed by atoms with Gasteiger partial charge in [-0.2, -0.15) is 0 Å². The maximum Gasteiger partial charge on any atom is 0.472 e. The minimum absolute atomic E-state index is 0.109. The molecule has 0 saturated heterocycles. The Morgan fingerprint density at radius 1 is 0.220 bits per heavy atom. The first-order valence-corrected chi connectivity index (χ1v) is 49.8. The van der Waals surface area contributed by atoms with Gasteiger partial charge >= 0.3 is 39.5 Å². The summed E-state index contributed by atoms with van der Waals surface area (Å²) in [7, 11) is -9.93. The van der Waals surface area contributed by atoms with Crippen molar-refractivity contribution in [2.24, 2.45) is 0 Å². The van der Waals surface area contributed by atoms with Crippen molar-refractivity contribution in [3.8, 4) is 0 Å². The Kier molecular flexibility index (Phi) is 82.5. The lowest BCUT2D eigenvalue weighted by atomic mass is 10.0. The van der Waals surface area contributed by atoms with Gasteiger partial charge in [0.15, 0.2) is 12.2 Å². The number of carbonyl (C=O) groups is 4. The van der Waals surface area contributed by atoms with Gasteiger partial charge in [-0.25, -0.2) is 9.13 Å². The van der Waals surface area contributed by atoms with Crippen molar-refractivity contribution in [1.29, 1.82) is 0 Å². The Morgan fingerprint density at radius 2 is 0.367 bits per heavy atom. The van der Waals surface area contributed by atoms with Crippen LogP contribution in [0.4, 0.5) is 0 Å². The summed E-state index contributed by atoms with van der Waals surface area (Å²) in [5, 5.41) is 10.7. The molecule has 0 spiro atoms. The van der Waals surface area contributed by atoms with Crippen LogP contribution in [0.3, 0.4) is 0 Å². The van der Waals surface area contributed by atoms with Gasteiger partial charge in [0.2, 0.25) is 0 Å². The van der Waals surface area contributed by atoms with Gasteiger partial charge in [0.25, 0.3) is 0 Å². The van der Waals surface area contributed by atoms with E-state index in [1.54, 1.807) is 0 Å². The van der Waals surface area contributed by atoms with Crippen LogP contribution >= 0.6 is 15.6 Å². The summed E-state index contributed by atoms with van der Waals surface area (Å²) in [6.45, 7) is 5.03. The van der Waals surface area contributed by atoms with Crippen molar-refractivity contribution in [2.75, 3.05) is 39.6 Å². The summed E-state index contributed by atoms with van der Waals surface area (Å²) in [4.78, 5) is 73.2. The smallest absolute Gasteiger partial charge is 0.462 e. The van der Waals surface area contributed by atoms with Crippen molar-refractivity contribution >= 4 is 39.5 Å². The molecule has 648 valence electrons. The number of aliphatic hydroxyl groups excluding tert-OH is 1. The molecule has 0 saturated carbocycles. The summed E-state index contributed by atoms with van der Waals surface area (Å²) in [5.41, 5.74) is 0. The van der Waals surface area contributed by atoms with Gasteiger partial charge in [-0.05, 0) is 25.7 Å². The quantitative estimate of drug-likeness (QED) is 0.0222. The summed E-state index contributed by atoms with van der Waals surface area (Å²) >= 11 is 0. The summed E-state index contributed by atoms with van der Waals surface area (Å²) in [6.07, 6.45) is 81.0. The molecule has 0 aromatic carbocycles. The van der Waals surface area contributed by atoms with E-state index in [0.29, 0.717) is 25.7 Å². The molecule has 0 rings (SSSR count). The number of phosphoric acid groups is 2. The second-order valence-electron chi connectivity index (χ2n) is 32.3. The Balaban J connectivity index is 5.13. The molecule has 0 aromatic heterocycles. The maximum absolute atomic E-state index is 13.2. The standard InChI is InChI=1S/C90H176O17P2/c1-5-9-13-17-21-24-27-30-33-36-39-42-43-46-49-52-55-58-61-65-69-73-77-90(95)107-86(81-101-88(93)75-71-67-63-59-56-53-50-47-44-40-37-34-31-28-25-22-18-14-10-6-2)83-105-109(98,99)103-79-84(91)78-102-108(96,97)104-82-85(80-100-87(92)74-70-66-62-20-16-12-8-4)106-89(94)76-72-68-64-60-57-54-51-48-45-41-38-35-32-29-26-23-19-15-11-7-3/h84-86,91H,5-83H2,1-4H3,(H,96,97)(H,98,99)/t84-,85+,86+/m0/s1. The zero-order chi connectivity index (χ0) is 79.6. The highest BCUT2D eigenvalue weighted by Crippen LogP contribution is 2.45. The number of ether oxygens (including phenoxy) is 4. The predicted molar refractivity (Wildman–Crippen MR) is 451 cm³/mol. The third kappa shape index (κ3) is 83.8. The van der Waals surface area contributed by atoms with Gasteiger partial charge < -0.3 is 33.8 Å². The van der Waals surface area contributed by atoms with E-state index in [1.165, 1.54) is 315 Å². The predicted octanol–water partition coefficient (Wildman–Crippen LogP) is 28.1. The summed E-state index contributed by atoms with van der Waals surface area (Å²) in [5.74, 6) is -2.10. The molecule has 0 amide bonds. The highest BCUT2D eigenvalue weighted by Gasteiger charge is 2.30. The Morgan fingerprint density at radius 3 is 0.541 bits per heavy atom. The molecule has 0 bridgehead atoms. The number of rotatable bonds is 91. The van der Waals surface area contributed by atoms with Gasteiger partial charge in [-0.1, -0.05) is 445 Å². The van der Waals surface area contributed by atoms with E-state index in [-0.39, 0.29) is 25.7 Å². The van der Waals surface area contributed by atoms with Crippen molar-refractivity contribution < 1.29 is 80.2 Å². The van der Waals surface area contributed by atoms with E-state index in [1.807, 2.05) is 0 Å². The monoisotopic (exact) mass is 1590 g/mol. The van der Waals surface area contributed by atoms with Crippen LogP contribution in [0.15, 0.2) is 0 Å². The molecule has 0 aromatic rings. The van der Waals surface area contributed by atoms with Crippen molar-refractivity contribution in [1.82, 2.24) is 0 Å². The Bertz CT molecular complexity index is 2050. The van der Waals surface area contributed by atoms with Crippen LogP contribution in [-0.2, 0) is 65.4 Å². The third-order valence-corrected chi connectivity index (χ3v) is 23.3. The van der Waals surface area contributed by atoms with Crippen LogP contribution in [0.1, 0.15) is 496 Å². The lowest BCUT2D eigenvalue weighted by Crippen LogP contribution is -2.30. The topological polar surface area (TPSA) is 237 Å². The maximum atomic E-state index is 13.2. The molecule has 3 N–H and O–H groups in total. The number of aliphatic hydroxyl groups is 1. The number of carbonyl (C=O) groups excluding carboxylic acids is 4. The fraction of sp³-hybridized carbons (Fsp3) is 0.956. The Labute approximate surface area is 670 Å². The number of esters is 4. The second-order valence-corrected chi connectivity index (χ2v) is 35.3. The van der Waals surface area contributed by atoms with Crippen molar-refractivity contribution in [3.63, 3.8) is 0 Å². The van der Waals surface area contributed by atoms with Gasteiger partial charge in [-0.15, -0.1) is 0 Å². The average Bonchev–Trinajstić information content (AvgIpc) is 0.940. The van der Waals surface area contributed by atoms with E-state index in [0.717, 1.165) is 103 Å². The summed E-state index contributed by atoms with van der Waals surface area (Å²) in [6, 6.07) is 0. The molecule has 109 heavy (non-hydrogen) atoms. The molecule has 2 unspecified atom stereocenters. The van der Waals surface area contributed by atoms with Crippen LogP contribution in [0.2, 0.25) is 0 Å². The summed E-state index contributed by atoms with van der Waals surface area (Å²) < 4.78 is 68.9. The minimum Gasteiger partial charge on any atom is -0.462 e. The van der Waals surface area contributed by atoms with E-state index in [9.17, 15) is 43.2 Å². The Hall–Kier alpha value is -1.94. The molecule has 0 heterocycles. The largest absolute Gasteiger partial charge is 0.472 e. The van der Waals surface area contributed by atoms with Gasteiger partial charge in [0.1, 0.15) is 19.3 Å². The zero-order valence-corrected chi connectivity index (χ0v) is 73.3. The van der Waals surface area contributed by atoms with Gasteiger partial charge in [-0.3, -0.25) is 37.3 Å². The molecule has 0 radical (unpaired) electrons. The molecule has 5 atom stereocenters. The number of hydrogen-bond acceptors (Lipinski definition) is 15. The fourth-order valence-corrected chi connectivity index (χ4v) is 15.8. The number of phosphoric ester groups is 2. The average molecular weight is 1590 g/mol. The van der Waals surface area contributed by atoms with E-state index >= 15 is 0 Å². The van der Waals surface area contributed by atoms with Crippen LogP contribution in [-0.4, -0.2) is 96.7 Å². The van der Waals surface area contributed by atoms with E-state index in [4.69, 9.17) is 37.0 Å². The SMILES string of the molecule is CCCCCCCCCCCCCCCCCCCCCCCCC(=O)O[C@H](COC(=O)CCCCCCCCCCCCCCCCCCCCCC)COP(=O)(O)OC[C@@H](O)COP(=O)(O)OC[C@@H](COC(=O)CCCCCCCCC)OC(=O)CCCCCCCCCCCCCCCCCCCCCC. The zero-order valence-electron chi connectivity index (χ0n) is 71.5. The van der Waals surface area contributed by atoms with Crippen LogP contribution in [0.5, 0.6) is 0 Å². The number of unbranched alkanes of at least 4 members (excludes halogenated alkanes) is 65. The highest BCUT2D eigenvalue weighted by atomic mass is 31.2. The molecule has 19 heteroatoms. The molecule has 0 aliphatic heterocycles. The minimum atomic E-state index is -4.97. The first kappa shape index (κ1) is 107. The molecular weight excluding hydrogens is 1410 g/mol. The third-order valence-electron chi connectivity index (χ3n) is 21.4. The normalized spacial score (nSPS) is 13.6. The first-order chi connectivity index (χ1) is 53.2. The molecule has 17 nitrogen and oxygen atoms in total. The molecule has 0 aliphatic carbocycles. The van der Waals surface area contributed by atoms with E-state index < -0.39 is 97.5 Å².